The minimum absolute atomic E-state index is 0.0983. The van der Waals surface area contributed by atoms with Crippen molar-refractivity contribution in [2.24, 2.45) is 0 Å². The molecular formula is C15H19ClFN3O. The van der Waals surface area contributed by atoms with Crippen molar-refractivity contribution in [2.75, 3.05) is 25.1 Å². The van der Waals surface area contributed by atoms with Gasteiger partial charge < -0.3 is 10.1 Å². The zero-order chi connectivity index (χ0) is 15.2. The lowest BCUT2D eigenvalue weighted by molar-refractivity contribution is 0.147. The summed E-state index contributed by atoms with van der Waals surface area (Å²) in [5, 5.41) is 3.36. The monoisotopic (exact) mass is 311 g/mol. The SMILES string of the molecule is CCOCCCNc1nc(C)cn1-c1ccc(F)c(Cl)c1. The van der Waals surface area contributed by atoms with Gasteiger partial charge >= 0.3 is 0 Å². The van der Waals surface area contributed by atoms with E-state index in [1.54, 1.807) is 12.1 Å². The second-order valence-corrected chi connectivity index (χ2v) is 5.06. The quantitative estimate of drug-likeness (QED) is 0.790. The Kier molecular flexibility index (Phi) is 5.59. The van der Waals surface area contributed by atoms with Crippen LogP contribution in [0.1, 0.15) is 19.0 Å². The summed E-state index contributed by atoms with van der Waals surface area (Å²) in [7, 11) is 0. The van der Waals surface area contributed by atoms with Crippen LogP contribution < -0.4 is 5.32 Å². The Morgan fingerprint density at radius 3 is 2.95 bits per heavy atom. The molecule has 6 heteroatoms. The molecule has 1 heterocycles. The highest BCUT2D eigenvalue weighted by Crippen LogP contribution is 2.22. The molecule has 0 amide bonds. The van der Waals surface area contributed by atoms with E-state index < -0.39 is 5.82 Å². The van der Waals surface area contributed by atoms with E-state index >= 15 is 0 Å². The standard InChI is InChI=1S/C15H19ClFN3O/c1-3-21-8-4-7-18-15-19-11(2)10-20(15)12-5-6-14(17)13(16)9-12/h5-6,9-10H,3-4,7-8H2,1-2H3,(H,18,19). The van der Waals surface area contributed by atoms with Crippen LogP contribution in [0.25, 0.3) is 5.69 Å². The second-order valence-electron chi connectivity index (χ2n) is 4.65. The van der Waals surface area contributed by atoms with E-state index in [2.05, 4.69) is 10.3 Å². The van der Waals surface area contributed by atoms with Crippen molar-refractivity contribution < 1.29 is 9.13 Å². The van der Waals surface area contributed by atoms with E-state index in [-0.39, 0.29) is 5.02 Å². The van der Waals surface area contributed by atoms with Gasteiger partial charge in [0.15, 0.2) is 0 Å². The molecule has 114 valence electrons. The van der Waals surface area contributed by atoms with Crippen LogP contribution in [0, 0.1) is 12.7 Å². The van der Waals surface area contributed by atoms with Crippen LogP contribution >= 0.6 is 11.6 Å². The molecule has 1 aromatic carbocycles. The van der Waals surface area contributed by atoms with Gasteiger partial charge in [-0.15, -0.1) is 0 Å². The Bertz CT molecular complexity index is 601. The number of imidazole rings is 1. The Labute approximate surface area is 128 Å². The number of nitrogens with one attached hydrogen (secondary N) is 1. The fourth-order valence-electron chi connectivity index (χ4n) is 1.97. The van der Waals surface area contributed by atoms with E-state index in [1.807, 2.05) is 24.6 Å². The molecule has 0 atom stereocenters. The number of hydrogen-bond donors (Lipinski definition) is 1. The highest BCUT2D eigenvalue weighted by atomic mass is 35.5. The average molecular weight is 312 g/mol. The van der Waals surface area contributed by atoms with Crippen molar-refractivity contribution in [1.29, 1.82) is 0 Å². The van der Waals surface area contributed by atoms with E-state index in [0.717, 1.165) is 31.0 Å². The number of aromatic nitrogens is 2. The van der Waals surface area contributed by atoms with Gasteiger partial charge in [0.25, 0.3) is 0 Å². The Balaban J connectivity index is 2.10. The molecule has 0 aliphatic heterocycles. The van der Waals surface area contributed by atoms with Crippen LogP contribution in [-0.4, -0.2) is 29.3 Å². The lowest BCUT2D eigenvalue weighted by atomic mass is 10.3. The minimum Gasteiger partial charge on any atom is -0.382 e. The maximum absolute atomic E-state index is 13.3. The first-order chi connectivity index (χ1) is 10.1. The van der Waals surface area contributed by atoms with Crippen LogP contribution in [0.2, 0.25) is 5.02 Å². The first kappa shape index (κ1) is 15.8. The van der Waals surface area contributed by atoms with Gasteiger partial charge in [0.2, 0.25) is 5.95 Å². The largest absolute Gasteiger partial charge is 0.382 e. The van der Waals surface area contributed by atoms with Crippen molar-refractivity contribution >= 4 is 17.5 Å². The molecule has 1 aromatic heterocycles. The summed E-state index contributed by atoms with van der Waals surface area (Å²) in [5.41, 5.74) is 1.65. The van der Waals surface area contributed by atoms with Crippen molar-refractivity contribution in [2.45, 2.75) is 20.3 Å². The first-order valence-corrected chi connectivity index (χ1v) is 7.32. The smallest absolute Gasteiger partial charge is 0.207 e. The van der Waals surface area contributed by atoms with Crippen molar-refractivity contribution in [3.8, 4) is 5.69 Å². The fraction of sp³-hybridized carbons (Fsp3) is 0.400. The zero-order valence-electron chi connectivity index (χ0n) is 12.2. The summed E-state index contributed by atoms with van der Waals surface area (Å²) >= 11 is 5.84. The molecule has 0 radical (unpaired) electrons. The summed E-state index contributed by atoms with van der Waals surface area (Å²) in [6.07, 6.45) is 2.78. The van der Waals surface area contributed by atoms with Crippen LogP contribution in [0.3, 0.4) is 0 Å². The van der Waals surface area contributed by atoms with E-state index in [1.165, 1.54) is 6.07 Å². The lowest BCUT2D eigenvalue weighted by Gasteiger charge is -2.10. The predicted molar refractivity (Wildman–Crippen MR) is 82.9 cm³/mol. The molecule has 2 aromatic rings. The summed E-state index contributed by atoms with van der Waals surface area (Å²) in [6.45, 7) is 6.08. The van der Waals surface area contributed by atoms with Gasteiger partial charge in [0.1, 0.15) is 5.82 Å². The highest BCUT2D eigenvalue weighted by molar-refractivity contribution is 6.30. The molecule has 0 unspecified atom stereocenters. The van der Waals surface area contributed by atoms with Gasteiger partial charge in [-0.3, -0.25) is 4.57 Å². The maximum atomic E-state index is 13.3. The van der Waals surface area contributed by atoms with Gasteiger partial charge in [-0.2, -0.15) is 0 Å². The number of aryl methyl sites for hydroxylation is 1. The molecule has 1 N–H and O–H groups in total. The Morgan fingerprint density at radius 1 is 1.43 bits per heavy atom. The number of rotatable bonds is 7. The molecule has 0 aliphatic carbocycles. The third-order valence-corrected chi connectivity index (χ3v) is 3.25. The topological polar surface area (TPSA) is 39.1 Å². The normalized spacial score (nSPS) is 10.9. The molecule has 0 saturated heterocycles. The molecule has 2 rings (SSSR count). The van der Waals surface area contributed by atoms with E-state index in [0.29, 0.717) is 12.6 Å². The molecule has 0 aliphatic rings. The summed E-state index contributed by atoms with van der Waals surface area (Å²) in [6, 6.07) is 4.61. The second kappa shape index (κ2) is 7.43. The summed E-state index contributed by atoms with van der Waals surface area (Å²) < 4.78 is 20.4. The van der Waals surface area contributed by atoms with Crippen molar-refractivity contribution in [3.05, 3.63) is 40.9 Å². The van der Waals surface area contributed by atoms with Crippen molar-refractivity contribution in [1.82, 2.24) is 9.55 Å². The minimum atomic E-state index is -0.427. The third-order valence-electron chi connectivity index (χ3n) is 2.96. The maximum Gasteiger partial charge on any atom is 0.207 e. The average Bonchev–Trinajstić information content (AvgIpc) is 2.83. The van der Waals surface area contributed by atoms with E-state index in [9.17, 15) is 4.39 Å². The van der Waals surface area contributed by atoms with Gasteiger partial charge in [0, 0.05) is 26.0 Å². The van der Waals surface area contributed by atoms with E-state index in [4.69, 9.17) is 16.3 Å². The molecule has 21 heavy (non-hydrogen) atoms. The molecule has 0 spiro atoms. The third kappa shape index (κ3) is 4.19. The Morgan fingerprint density at radius 2 is 2.24 bits per heavy atom. The molecule has 0 fully saturated rings. The number of benzene rings is 1. The van der Waals surface area contributed by atoms with Crippen LogP contribution in [0.15, 0.2) is 24.4 Å². The Hall–Kier alpha value is -1.59. The highest BCUT2D eigenvalue weighted by Gasteiger charge is 2.09. The number of halogens is 2. The fourth-order valence-corrected chi connectivity index (χ4v) is 2.15. The molecular weight excluding hydrogens is 293 g/mol. The van der Waals surface area contributed by atoms with Crippen molar-refractivity contribution in [3.63, 3.8) is 0 Å². The molecule has 0 bridgehead atoms. The van der Waals surface area contributed by atoms with Crippen LogP contribution in [0.5, 0.6) is 0 Å². The lowest BCUT2D eigenvalue weighted by Crippen LogP contribution is -2.10. The number of anilines is 1. The first-order valence-electron chi connectivity index (χ1n) is 6.95. The zero-order valence-corrected chi connectivity index (χ0v) is 13.0. The van der Waals surface area contributed by atoms with Crippen LogP contribution in [-0.2, 0) is 4.74 Å². The van der Waals surface area contributed by atoms with Gasteiger partial charge in [-0.25, -0.2) is 9.37 Å². The number of nitrogens with zero attached hydrogens (tertiary/aromatic N) is 2. The number of ether oxygens (including phenoxy) is 1. The summed E-state index contributed by atoms with van der Waals surface area (Å²) in [5.74, 6) is 0.287. The van der Waals surface area contributed by atoms with Gasteiger partial charge in [-0.05, 0) is 38.5 Å². The number of hydrogen-bond acceptors (Lipinski definition) is 3. The van der Waals surface area contributed by atoms with Crippen LogP contribution in [0.4, 0.5) is 10.3 Å². The summed E-state index contributed by atoms with van der Waals surface area (Å²) in [4.78, 5) is 4.43. The van der Waals surface area contributed by atoms with Gasteiger partial charge in [0.05, 0.1) is 16.4 Å². The molecule has 0 saturated carbocycles. The molecule has 4 nitrogen and oxygen atoms in total. The van der Waals surface area contributed by atoms with Gasteiger partial charge in [-0.1, -0.05) is 11.6 Å². The predicted octanol–water partition coefficient (Wildman–Crippen LogP) is 3.81.